The fourth-order valence-electron chi connectivity index (χ4n) is 0.967. The van der Waals surface area contributed by atoms with E-state index in [9.17, 15) is 9.59 Å². The molecule has 0 saturated carbocycles. The third-order valence-electron chi connectivity index (χ3n) is 1.67. The molecule has 0 aliphatic carbocycles. The van der Waals surface area contributed by atoms with Gasteiger partial charge in [0.2, 0.25) is 5.24 Å². The summed E-state index contributed by atoms with van der Waals surface area (Å²) >= 11 is 5.04. The van der Waals surface area contributed by atoms with Crippen molar-refractivity contribution in [3.63, 3.8) is 0 Å². The molecule has 3 N–H and O–H groups in total. The van der Waals surface area contributed by atoms with Crippen molar-refractivity contribution in [3.8, 4) is 0 Å². The lowest BCUT2D eigenvalue weighted by molar-refractivity contribution is -0.110. The van der Waals surface area contributed by atoms with Gasteiger partial charge in [-0.3, -0.25) is 4.79 Å². The van der Waals surface area contributed by atoms with Gasteiger partial charge in [-0.05, 0) is 11.6 Å². The SMILES string of the molecule is Cl.N/C(=N/C(=O)NCC(=O)Cl)c1ccccc1. The number of nitrogens with zero attached hydrogens (tertiary/aromatic N) is 1. The van der Waals surface area contributed by atoms with Crippen LogP contribution in [0.25, 0.3) is 0 Å². The summed E-state index contributed by atoms with van der Waals surface area (Å²) < 4.78 is 0. The number of amidine groups is 1. The average molecular weight is 276 g/mol. The summed E-state index contributed by atoms with van der Waals surface area (Å²) in [6.07, 6.45) is 0. The minimum atomic E-state index is -0.699. The molecule has 0 spiro atoms. The Morgan fingerprint density at radius 2 is 1.88 bits per heavy atom. The van der Waals surface area contributed by atoms with E-state index >= 15 is 0 Å². The molecule has 0 unspecified atom stereocenters. The quantitative estimate of drug-likeness (QED) is 0.495. The smallest absolute Gasteiger partial charge is 0.343 e. The molecule has 1 rings (SSSR count). The van der Waals surface area contributed by atoms with Crippen molar-refractivity contribution in [3.05, 3.63) is 35.9 Å². The molecule has 0 bridgehead atoms. The van der Waals surface area contributed by atoms with Crippen LogP contribution in [0.15, 0.2) is 35.3 Å². The molecule has 0 saturated heterocycles. The van der Waals surface area contributed by atoms with Crippen LogP contribution in [-0.2, 0) is 4.79 Å². The van der Waals surface area contributed by atoms with Gasteiger partial charge >= 0.3 is 6.03 Å². The van der Waals surface area contributed by atoms with Gasteiger partial charge in [0.15, 0.2) is 0 Å². The number of amides is 2. The Morgan fingerprint density at radius 3 is 2.41 bits per heavy atom. The third-order valence-corrected chi connectivity index (χ3v) is 1.80. The first-order valence-electron chi connectivity index (χ1n) is 4.45. The zero-order chi connectivity index (χ0) is 12.0. The second-order valence-corrected chi connectivity index (χ2v) is 3.30. The molecule has 0 aromatic heterocycles. The summed E-state index contributed by atoms with van der Waals surface area (Å²) in [4.78, 5) is 25.1. The molecule has 0 atom stereocenters. The minimum absolute atomic E-state index is 0. The fraction of sp³-hybridized carbons (Fsp3) is 0.100. The Morgan fingerprint density at radius 1 is 1.29 bits per heavy atom. The van der Waals surface area contributed by atoms with E-state index in [1.807, 2.05) is 6.07 Å². The van der Waals surface area contributed by atoms with E-state index < -0.39 is 11.3 Å². The van der Waals surface area contributed by atoms with Gasteiger partial charge in [0, 0.05) is 5.56 Å². The van der Waals surface area contributed by atoms with Crippen molar-refractivity contribution in [2.75, 3.05) is 6.54 Å². The zero-order valence-corrected chi connectivity index (χ0v) is 10.3. The van der Waals surface area contributed by atoms with Crippen LogP contribution in [0.3, 0.4) is 0 Å². The largest absolute Gasteiger partial charge is 0.383 e. The molecular formula is C10H11Cl2N3O2. The van der Waals surface area contributed by atoms with E-state index in [-0.39, 0.29) is 24.8 Å². The van der Waals surface area contributed by atoms with Gasteiger partial charge in [0.1, 0.15) is 5.84 Å². The zero-order valence-electron chi connectivity index (χ0n) is 8.72. The van der Waals surface area contributed by atoms with Crippen LogP contribution >= 0.6 is 24.0 Å². The molecule has 0 heterocycles. The normalized spacial score (nSPS) is 10.3. The first-order chi connectivity index (χ1) is 7.59. The van der Waals surface area contributed by atoms with Crippen molar-refractivity contribution in [2.24, 2.45) is 10.7 Å². The summed E-state index contributed by atoms with van der Waals surface area (Å²) in [6.45, 7) is -0.272. The number of nitrogens with two attached hydrogens (primary N) is 1. The number of halogens is 2. The molecule has 1 aromatic rings. The number of carbonyl (C=O) groups excluding carboxylic acids is 2. The van der Waals surface area contributed by atoms with E-state index in [0.29, 0.717) is 5.56 Å². The van der Waals surface area contributed by atoms with Gasteiger partial charge in [-0.2, -0.15) is 4.99 Å². The maximum atomic E-state index is 11.1. The number of hydrogen-bond acceptors (Lipinski definition) is 2. The molecule has 2 amide bonds. The number of hydrogen-bond donors (Lipinski definition) is 2. The Hall–Kier alpha value is -1.59. The van der Waals surface area contributed by atoms with Crippen LogP contribution in [0.2, 0.25) is 0 Å². The number of benzene rings is 1. The molecule has 1 aromatic carbocycles. The van der Waals surface area contributed by atoms with Gasteiger partial charge in [0.25, 0.3) is 0 Å². The monoisotopic (exact) mass is 275 g/mol. The van der Waals surface area contributed by atoms with E-state index in [0.717, 1.165) is 0 Å². The third kappa shape index (κ3) is 5.89. The van der Waals surface area contributed by atoms with Crippen LogP contribution in [0.1, 0.15) is 5.56 Å². The highest BCUT2D eigenvalue weighted by Gasteiger charge is 2.03. The lowest BCUT2D eigenvalue weighted by Crippen LogP contribution is -2.27. The van der Waals surface area contributed by atoms with E-state index in [1.54, 1.807) is 24.3 Å². The maximum absolute atomic E-state index is 11.1. The highest BCUT2D eigenvalue weighted by Crippen LogP contribution is 1.97. The van der Waals surface area contributed by atoms with Crippen molar-refractivity contribution in [1.29, 1.82) is 0 Å². The molecule has 0 fully saturated rings. The topological polar surface area (TPSA) is 84.5 Å². The highest BCUT2D eigenvalue weighted by atomic mass is 35.5. The first kappa shape index (κ1) is 15.4. The standard InChI is InChI=1S/C10H10ClN3O2.ClH/c11-8(15)6-13-10(16)14-9(12)7-4-2-1-3-5-7;/h1-5H,6H2,(H3,12,13,14,16);1H. The minimum Gasteiger partial charge on any atom is -0.383 e. The maximum Gasteiger partial charge on any atom is 0.343 e. The van der Waals surface area contributed by atoms with Crippen LogP contribution in [0.5, 0.6) is 0 Å². The number of nitrogens with one attached hydrogen (secondary N) is 1. The average Bonchev–Trinajstić information content (AvgIpc) is 2.27. The molecule has 92 valence electrons. The Balaban J connectivity index is 0.00000256. The molecule has 0 aliphatic heterocycles. The van der Waals surface area contributed by atoms with Gasteiger partial charge in [-0.15, -0.1) is 12.4 Å². The second kappa shape index (κ2) is 7.65. The van der Waals surface area contributed by atoms with Gasteiger partial charge in [-0.25, -0.2) is 4.79 Å². The summed E-state index contributed by atoms with van der Waals surface area (Å²) in [5.41, 5.74) is 6.21. The first-order valence-corrected chi connectivity index (χ1v) is 4.83. The number of carbonyl (C=O) groups is 2. The van der Waals surface area contributed by atoms with Crippen molar-refractivity contribution < 1.29 is 9.59 Å². The van der Waals surface area contributed by atoms with E-state index in [2.05, 4.69) is 10.3 Å². The lowest BCUT2D eigenvalue weighted by atomic mass is 10.2. The number of urea groups is 1. The Kier molecular flexibility index (Phi) is 6.93. The molecule has 7 heteroatoms. The number of rotatable bonds is 3. The molecular weight excluding hydrogens is 265 g/mol. The van der Waals surface area contributed by atoms with E-state index in [4.69, 9.17) is 17.3 Å². The summed E-state index contributed by atoms with van der Waals surface area (Å²) in [7, 11) is 0. The van der Waals surface area contributed by atoms with Gasteiger partial charge < -0.3 is 11.1 Å². The molecule has 0 radical (unpaired) electrons. The highest BCUT2D eigenvalue weighted by molar-refractivity contribution is 6.64. The number of aliphatic imine (C=N–C) groups is 1. The molecule has 0 aliphatic rings. The predicted molar refractivity (Wildman–Crippen MR) is 68.7 cm³/mol. The van der Waals surface area contributed by atoms with Gasteiger partial charge in [0.05, 0.1) is 6.54 Å². The van der Waals surface area contributed by atoms with Gasteiger partial charge in [-0.1, -0.05) is 30.3 Å². The fourth-order valence-corrected chi connectivity index (χ4v) is 1.03. The lowest BCUT2D eigenvalue weighted by Gasteiger charge is -2.00. The van der Waals surface area contributed by atoms with Crippen LogP contribution in [0, 0.1) is 0 Å². The van der Waals surface area contributed by atoms with Crippen LogP contribution in [0.4, 0.5) is 4.79 Å². The molecule has 17 heavy (non-hydrogen) atoms. The second-order valence-electron chi connectivity index (χ2n) is 2.88. The van der Waals surface area contributed by atoms with Crippen molar-refractivity contribution in [2.45, 2.75) is 0 Å². The van der Waals surface area contributed by atoms with Crippen molar-refractivity contribution in [1.82, 2.24) is 5.32 Å². The summed E-state index contributed by atoms with van der Waals surface area (Å²) in [6, 6.07) is 8.12. The van der Waals surface area contributed by atoms with Crippen LogP contribution in [-0.4, -0.2) is 23.7 Å². The van der Waals surface area contributed by atoms with E-state index in [1.165, 1.54) is 0 Å². The summed E-state index contributed by atoms with van der Waals surface area (Å²) in [5.74, 6) is 0.0834. The summed E-state index contributed by atoms with van der Waals surface area (Å²) in [5, 5.41) is 1.53. The predicted octanol–water partition coefficient (Wildman–Crippen LogP) is 1.29. The van der Waals surface area contributed by atoms with Crippen molar-refractivity contribution >= 4 is 41.1 Å². The Bertz CT molecular complexity index is 421. The molecule has 5 nitrogen and oxygen atoms in total. The Labute approximate surface area is 109 Å². The van der Waals surface area contributed by atoms with Crippen LogP contribution < -0.4 is 11.1 Å².